The van der Waals surface area contributed by atoms with E-state index in [4.69, 9.17) is 0 Å². The number of halogens is 3. The van der Waals surface area contributed by atoms with Crippen LogP contribution in [-0.4, -0.2) is 25.0 Å². The smallest absolute Gasteiger partial charge is 0.224 e. The zero-order valence-corrected chi connectivity index (χ0v) is 12.1. The molecule has 1 aliphatic rings. The SMILES string of the molecule is CC1CCNCC1NC(=O)Cc1ccc(F)c(F)c1.Cl. The van der Waals surface area contributed by atoms with Crippen molar-refractivity contribution in [3.8, 4) is 0 Å². The van der Waals surface area contributed by atoms with Crippen LogP contribution in [-0.2, 0) is 11.2 Å². The number of nitrogens with one attached hydrogen (secondary N) is 2. The lowest BCUT2D eigenvalue weighted by molar-refractivity contribution is -0.121. The fourth-order valence-corrected chi connectivity index (χ4v) is 2.28. The summed E-state index contributed by atoms with van der Waals surface area (Å²) in [6, 6.07) is 3.65. The Bertz CT molecular complexity index is 470. The highest BCUT2D eigenvalue weighted by atomic mass is 35.5. The average molecular weight is 305 g/mol. The molecule has 6 heteroatoms. The van der Waals surface area contributed by atoms with Crippen molar-refractivity contribution in [1.82, 2.24) is 10.6 Å². The summed E-state index contributed by atoms with van der Waals surface area (Å²) < 4.78 is 25.8. The normalized spacial score (nSPS) is 21.9. The first-order chi connectivity index (χ1) is 9.06. The van der Waals surface area contributed by atoms with Crippen molar-refractivity contribution < 1.29 is 13.6 Å². The van der Waals surface area contributed by atoms with Crippen LogP contribution in [0.3, 0.4) is 0 Å². The molecule has 20 heavy (non-hydrogen) atoms. The van der Waals surface area contributed by atoms with Gasteiger partial charge in [0, 0.05) is 12.6 Å². The molecule has 1 aromatic rings. The summed E-state index contributed by atoms with van der Waals surface area (Å²) in [5.74, 6) is -1.55. The van der Waals surface area contributed by atoms with E-state index in [1.165, 1.54) is 6.07 Å². The van der Waals surface area contributed by atoms with Gasteiger partial charge in [-0.3, -0.25) is 4.79 Å². The molecular formula is C14H19ClF2N2O. The molecule has 1 fully saturated rings. The molecule has 2 unspecified atom stereocenters. The predicted molar refractivity (Wildman–Crippen MR) is 75.9 cm³/mol. The van der Waals surface area contributed by atoms with Crippen LogP contribution in [0.25, 0.3) is 0 Å². The van der Waals surface area contributed by atoms with E-state index in [0.717, 1.165) is 31.6 Å². The van der Waals surface area contributed by atoms with Crippen LogP contribution in [0, 0.1) is 17.6 Å². The molecule has 112 valence electrons. The molecule has 1 heterocycles. The average Bonchev–Trinajstić information content (AvgIpc) is 2.37. The van der Waals surface area contributed by atoms with Gasteiger partial charge in [0.1, 0.15) is 0 Å². The van der Waals surface area contributed by atoms with Gasteiger partial charge in [-0.05, 0) is 36.6 Å². The van der Waals surface area contributed by atoms with Gasteiger partial charge in [-0.25, -0.2) is 8.78 Å². The Morgan fingerprint density at radius 1 is 1.40 bits per heavy atom. The number of carbonyl (C=O) groups is 1. The van der Waals surface area contributed by atoms with Crippen molar-refractivity contribution >= 4 is 18.3 Å². The van der Waals surface area contributed by atoms with Gasteiger partial charge in [0.05, 0.1) is 6.42 Å². The molecule has 1 saturated heterocycles. The molecule has 0 saturated carbocycles. The van der Waals surface area contributed by atoms with Crippen molar-refractivity contribution in [3.63, 3.8) is 0 Å². The van der Waals surface area contributed by atoms with Crippen LogP contribution in [0.5, 0.6) is 0 Å². The summed E-state index contributed by atoms with van der Waals surface area (Å²) in [5.41, 5.74) is 0.479. The zero-order chi connectivity index (χ0) is 13.8. The summed E-state index contributed by atoms with van der Waals surface area (Å²) in [6.45, 7) is 3.82. The summed E-state index contributed by atoms with van der Waals surface area (Å²) in [6.07, 6.45) is 1.09. The lowest BCUT2D eigenvalue weighted by Crippen LogP contribution is -2.50. The molecule has 0 bridgehead atoms. The van der Waals surface area contributed by atoms with E-state index in [0.29, 0.717) is 11.5 Å². The minimum atomic E-state index is -0.919. The minimum absolute atomic E-state index is 0. The number of carbonyl (C=O) groups excluding carboxylic acids is 1. The van der Waals surface area contributed by atoms with Gasteiger partial charge < -0.3 is 10.6 Å². The third-order valence-corrected chi connectivity index (χ3v) is 3.52. The molecule has 1 amide bonds. The third-order valence-electron chi connectivity index (χ3n) is 3.52. The van der Waals surface area contributed by atoms with Gasteiger partial charge in [0.25, 0.3) is 0 Å². The van der Waals surface area contributed by atoms with E-state index in [-0.39, 0.29) is 30.8 Å². The van der Waals surface area contributed by atoms with Crippen molar-refractivity contribution in [1.29, 1.82) is 0 Å². The van der Waals surface area contributed by atoms with Gasteiger partial charge in [0.2, 0.25) is 5.91 Å². The Labute approximate surface area is 123 Å². The number of amides is 1. The van der Waals surface area contributed by atoms with Crippen molar-refractivity contribution in [2.24, 2.45) is 5.92 Å². The van der Waals surface area contributed by atoms with Crippen LogP contribution < -0.4 is 10.6 Å². The maximum Gasteiger partial charge on any atom is 0.224 e. The van der Waals surface area contributed by atoms with E-state index in [9.17, 15) is 13.6 Å². The highest BCUT2D eigenvalue weighted by Crippen LogP contribution is 2.12. The first-order valence-corrected chi connectivity index (χ1v) is 6.50. The Morgan fingerprint density at radius 2 is 2.15 bits per heavy atom. The maximum absolute atomic E-state index is 13.0. The summed E-state index contributed by atoms with van der Waals surface area (Å²) in [4.78, 5) is 11.9. The molecule has 2 atom stereocenters. The molecule has 1 aliphatic heterocycles. The number of piperidine rings is 1. The van der Waals surface area contributed by atoms with Gasteiger partial charge >= 0.3 is 0 Å². The van der Waals surface area contributed by atoms with Crippen LogP contribution >= 0.6 is 12.4 Å². The lowest BCUT2D eigenvalue weighted by atomic mass is 9.94. The van der Waals surface area contributed by atoms with Crippen molar-refractivity contribution in [3.05, 3.63) is 35.4 Å². The quantitative estimate of drug-likeness (QED) is 0.897. The number of rotatable bonds is 3. The summed E-state index contributed by atoms with van der Waals surface area (Å²) in [5, 5.41) is 6.16. The fourth-order valence-electron chi connectivity index (χ4n) is 2.28. The molecule has 0 radical (unpaired) electrons. The Hall–Kier alpha value is -1.20. The molecule has 0 aliphatic carbocycles. The number of hydrogen-bond acceptors (Lipinski definition) is 2. The second kappa shape index (κ2) is 7.55. The lowest BCUT2D eigenvalue weighted by Gasteiger charge is -2.30. The van der Waals surface area contributed by atoms with E-state index in [1.807, 2.05) is 0 Å². The van der Waals surface area contributed by atoms with E-state index >= 15 is 0 Å². The molecule has 2 N–H and O–H groups in total. The van der Waals surface area contributed by atoms with Crippen LogP contribution in [0.4, 0.5) is 8.78 Å². The van der Waals surface area contributed by atoms with Crippen LogP contribution in [0.1, 0.15) is 18.9 Å². The zero-order valence-electron chi connectivity index (χ0n) is 11.3. The maximum atomic E-state index is 13.0. The minimum Gasteiger partial charge on any atom is -0.352 e. The van der Waals surface area contributed by atoms with Gasteiger partial charge in [0.15, 0.2) is 11.6 Å². The second-order valence-corrected chi connectivity index (χ2v) is 5.07. The van der Waals surface area contributed by atoms with E-state index in [1.54, 1.807) is 0 Å². The molecule has 1 aromatic carbocycles. The summed E-state index contributed by atoms with van der Waals surface area (Å²) >= 11 is 0. The first kappa shape index (κ1) is 16.9. The Kier molecular flexibility index (Phi) is 6.36. The highest BCUT2D eigenvalue weighted by molar-refractivity contribution is 5.85. The van der Waals surface area contributed by atoms with Gasteiger partial charge in [-0.15, -0.1) is 12.4 Å². The van der Waals surface area contributed by atoms with Crippen molar-refractivity contribution in [2.75, 3.05) is 13.1 Å². The van der Waals surface area contributed by atoms with Gasteiger partial charge in [-0.1, -0.05) is 13.0 Å². The highest BCUT2D eigenvalue weighted by Gasteiger charge is 2.22. The van der Waals surface area contributed by atoms with Crippen LogP contribution in [0.2, 0.25) is 0 Å². The van der Waals surface area contributed by atoms with E-state index < -0.39 is 11.6 Å². The van der Waals surface area contributed by atoms with E-state index in [2.05, 4.69) is 17.6 Å². The number of hydrogen-bond donors (Lipinski definition) is 2. The molecule has 0 aromatic heterocycles. The Morgan fingerprint density at radius 3 is 2.80 bits per heavy atom. The first-order valence-electron chi connectivity index (χ1n) is 6.50. The second-order valence-electron chi connectivity index (χ2n) is 5.07. The van der Waals surface area contributed by atoms with Gasteiger partial charge in [-0.2, -0.15) is 0 Å². The largest absolute Gasteiger partial charge is 0.352 e. The summed E-state index contributed by atoms with van der Waals surface area (Å²) in [7, 11) is 0. The molecule has 0 spiro atoms. The standard InChI is InChI=1S/C14H18F2N2O.ClH/c1-9-4-5-17-8-13(9)18-14(19)7-10-2-3-11(15)12(16)6-10;/h2-3,6,9,13,17H,4-5,7-8H2,1H3,(H,18,19);1H. The molecule has 3 nitrogen and oxygen atoms in total. The molecule has 2 rings (SSSR count). The monoisotopic (exact) mass is 304 g/mol. The number of benzene rings is 1. The molecular weight excluding hydrogens is 286 g/mol. The topological polar surface area (TPSA) is 41.1 Å². The van der Waals surface area contributed by atoms with Crippen LogP contribution in [0.15, 0.2) is 18.2 Å². The van der Waals surface area contributed by atoms with Crippen molar-refractivity contribution in [2.45, 2.75) is 25.8 Å². The third kappa shape index (κ3) is 4.42. The predicted octanol–water partition coefficient (Wildman–Crippen LogP) is 2.04. The fraction of sp³-hybridized carbons (Fsp3) is 0.500. The Balaban J connectivity index is 0.00000200.